The molecule has 0 spiro atoms. The van der Waals surface area contributed by atoms with Gasteiger partial charge in [0.05, 0.1) is 22.5 Å². The Bertz CT molecular complexity index is 876. The minimum absolute atomic E-state index is 0.141. The number of halogens is 1. The molecule has 6 heteroatoms. The maximum absolute atomic E-state index is 14.8. The number of carbonyl (C=O) groups is 1. The summed E-state index contributed by atoms with van der Waals surface area (Å²) in [5, 5.41) is 6.92. The molecule has 2 aromatic heterocycles. The molecule has 1 aromatic carbocycles. The molecule has 1 amide bonds. The van der Waals surface area contributed by atoms with Crippen LogP contribution in [-0.2, 0) is 10.2 Å². The summed E-state index contributed by atoms with van der Waals surface area (Å²) in [5.41, 5.74) is 6.46. The van der Waals surface area contributed by atoms with Crippen molar-refractivity contribution in [2.75, 3.05) is 0 Å². The Labute approximate surface area is 125 Å². The van der Waals surface area contributed by atoms with Crippen molar-refractivity contribution in [2.24, 2.45) is 5.73 Å². The topological polar surface area (TPSA) is 84.7 Å². The van der Waals surface area contributed by atoms with Crippen LogP contribution in [0.3, 0.4) is 0 Å². The van der Waals surface area contributed by atoms with Crippen LogP contribution in [-0.4, -0.2) is 21.1 Å². The number of primary amides is 1. The van der Waals surface area contributed by atoms with Crippen LogP contribution in [0.4, 0.5) is 4.39 Å². The van der Waals surface area contributed by atoms with Gasteiger partial charge in [-0.3, -0.25) is 14.9 Å². The third-order valence-corrected chi connectivity index (χ3v) is 4.53. The summed E-state index contributed by atoms with van der Waals surface area (Å²) in [4.78, 5) is 16.2. The second-order valence-corrected chi connectivity index (χ2v) is 5.64. The number of H-pyrrole nitrogens is 1. The molecule has 3 N–H and O–H groups in total. The molecular weight excluding hydrogens is 283 g/mol. The maximum atomic E-state index is 14.8. The van der Waals surface area contributed by atoms with Crippen molar-refractivity contribution in [3.63, 3.8) is 0 Å². The fourth-order valence-corrected chi connectivity index (χ4v) is 3.28. The monoisotopic (exact) mass is 296 g/mol. The summed E-state index contributed by atoms with van der Waals surface area (Å²) in [6, 6.07) is 7.03. The molecule has 110 valence electrons. The molecule has 2 heterocycles. The van der Waals surface area contributed by atoms with Gasteiger partial charge < -0.3 is 5.73 Å². The van der Waals surface area contributed by atoms with E-state index in [0.29, 0.717) is 22.9 Å². The highest BCUT2D eigenvalue weighted by Crippen LogP contribution is 2.61. The molecule has 1 aliphatic rings. The first-order valence-corrected chi connectivity index (χ1v) is 6.96. The largest absolute Gasteiger partial charge is 0.369 e. The van der Waals surface area contributed by atoms with Gasteiger partial charge in [-0.05, 0) is 24.1 Å². The molecule has 0 bridgehead atoms. The second-order valence-electron chi connectivity index (χ2n) is 5.64. The normalized spacial score (nSPS) is 23.6. The number of rotatable bonds is 3. The van der Waals surface area contributed by atoms with Crippen molar-refractivity contribution >= 4 is 16.8 Å². The maximum Gasteiger partial charge on any atom is 0.228 e. The summed E-state index contributed by atoms with van der Waals surface area (Å²) in [6.07, 6.45) is 5.28. The van der Waals surface area contributed by atoms with Gasteiger partial charge in [0.1, 0.15) is 5.82 Å². The Kier molecular flexibility index (Phi) is 2.57. The Morgan fingerprint density at radius 3 is 2.95 bits per heavy atom. The first-order valence-electron chi connectivity index (χ1n) is 6.96. The smallest absolute Gasteiger partial charge is 0.228 e. The summed E-state index contributed by atoms with van der Waals surface area (Å²) in [6.45, 7) is 0. The van der Waals surface area contributed by atoms with E-state index in [1.807, 2.05) is 6.07 Å². The lowest BCUT2D eigenvalue weighted by Crippen LogP contribution is -2.31. The number of nitrogens with one attached hydrogen (secondary N) is 1. The lowest BCUT2D eigenvalue weighted by Gasteiger charge is -2.15. The van der Waals surface area contributed by atoms with Crippen molar-refractivity contribution in [1.82, 2.24) is 15.2 Å². The van der Waals surface area contributed by atoms with E-state index in [9.17, 15) is 9.18 Å². The van der Waals surface area contributed by atoms with Crippen molar-refractivity contribution in [2.45, 2.75) is 17.8 Å². The van der Waals surface area contributed by atoms with Crippen LogP contribution in [0.25, 0.3) is 10.9 Å². The highest BCUT2D eigenvalue weighted by atomic mass is 19.1. The SMILES string of the molecule is NC(=O)C1(c2ccc3[nH]ncc3c2F)CC1c1cccnc1. The quantitative estimate of drug-likeness (QED) is 0.775. The fourth-order valence-electron chi connectivity index (χ4n) is 3.28. The molecule has 2 atom stereocenters. The van der Waals surface area contributed by atoms with Crippen molar-refractivity contribution in [1.29, 1.82) is 0 Å². The molecule has 0 aliphatic heterocycles. The number of nitrogens with zero attached hydrogens (tertiary/aromatic N) is 2. The zero-order valence-electron chi connectivity index (χ0n) is 11.6. The molecule has 0 saturated heterocycles. The van der Waals surface area contributed by atoms with Gasteiger partial charge in [-0.1, -0.05) is 12.1 Å². The van der Waals surface area contributed by atoms with Gasteiger partial charge in [0.25, 0.3) is 0 Å². The van der Waals surface area contributed by atoms with Crippen LogP contribution in [0, 0.1) is 5.82 Å². The predicted octanol–water partition coefficient (Wildman–Crippen LogP) is 2.01. The van der Waals surface area contributed by atoms with E-state index in [2.05, 4.69) is 15.2 Å². The Morgan fingerprint density at radius 2 is 2.23 bits per heavy atom. The minimum atomic E-state index is -1.00. The second kappa shape index (κ2) is 4.37. The number of aromatic amines is 1. The lowest BCUT2D eigenvalue weighted by molar-refractivity contribution is -0.120. The Hall–Kier alpha value is -2.76. The van der Waals surface area contributed by atoms with Crippen LogP contribution >= 0.6 is 0 Å². The molecule has 22 heavy (non-hydrogen) atoms. The van der Waals surface area contributed by atoms with E-state index >= 15 is 0 Å². The molecule has 3 aromatic rings. The molecule has 1 aliphatic carbocycles. The van der Waals surface area contributed by atoms with Gasteiger partial charge >= 0.3 is 0 Å². The van der Waals surface area contributed by atoms with Crippen molar-refractivity contribution in [3.8, 4) is 0 Å². The molecule has 4 rings (SSSR count). The molecule has 1 saturated carbocycles. The van der Waals surface area contributed by atoms with Gasteiger partial charge in [0, 0.05) is 23.9 Å². The van der Waals surface area contributed by atoms with Gasteiger partial charge in [0.15, 0.2) is 0 Å². The van der Waals surface area contributed by atoms with Crippen LogP contribution in [0.5, 0.6) is 0 Å². The summed E-state index contributed by atoms with van der Waals surface area (Å²) < 4.78 is 14.8. The van der Waals surface area contributed by atoms with E-state index in [1.54, 1.807) is 30.6 Å². The Balaban J connectivity index is 1.87. The average Bonchev–Trinajstić information content (AvgIpc) is 3.10. The molecule has 2 unspecified atom stereocenters. The van der Waals surface area contributed by atoms with Crippen molar-refractivity contribution < 1.29 is 9.18 Å². The number of nitrogens with two attached hydrogens (primary N) is 1. The van der Waals surface area contributed by atoms with Crippen LogP contribution in [0.1, 0.15) is 23.5 Å². The summed E-state index contributed by atoms with van der Waals surface area (Å²) >= 11 is 0. The Morgan fingerprint density at radius 1 is 1.36 bits per heavy atom. The van der Waals surface area contributed by atoms with E-state index in [-0.39, 0.29) is 5.92 Å². The number of carbonyl (C=O) groups excluding carboxylic acids is 1. The van der Waals surface area contributed by atoms with E-state index in [0.717, 1.165) is 5.56 Å². The number of hydrogen-bond acceptors (Lipinski definition) is 3. The highest BCUT2D eigenvalue weighted by molar-refractivity contribution is 5.94. The zero-order valence-corrected chi connectivity index (χ0v) is 11.6. The predicted molar refractivity (Wildman–Crippen MR) is 78.5 cm³/mol. The first kappa shape index (κ1) is 12.9. The average molecular weight is 296 g/mol. The molecule has 1 fully saturated rings. The van der Waals surface area contributed by atoms with E-state index in [4.69, 9.17) is 5.73 Å². The lowest BCUT2D eigenvalue weighted by atomic mass is 9.89. The standard InChI is InChI=1S/C16H13FN4O/c17-14-10-8-20-21-13(10)4-3-11(14)16(15(18)22)6-12(16)9-2-1-5-19-7-9/h1-5,7-8,12H,6H2,(H2,18,22)(H,20,21). The number of fused-ring (bicyclic) bond motifs is 1. The third kappa shape index (κ3) is 1.60. The van der Waals surface area contributed by atoms with Crippen molar-refractivity contribution in [3.05, 3.63) is 59.8 Å². The number of pyridine rings is 1. The van der Waals surface area contributed by atoms with E-state index in [1.165, 1.54) is 6.20 Å². The number of aromatic nitrogens is 3. The molecular formula is C16H13FN4O. The van der Waals surface area contributed by atoms with Crippen LogP contribution < -0.4 is 5.73 Å². The number of amides is 1. The molecule has 5 nitrogen and oxygen atoms in total. The van der Waals surface area contributed by atoms with Gasteiger partial charge in [-0.25, -0.2) is 4.39 Å². The van der Waals surface area contributed by atoms with Crippen LogP contribution in [0.2, 0.25) is 0 Å². The highest BCUT2D eigenvalue weighted by Gasteiger charge is 2.62. The van der Waals surface area contributed by atoms with Gasteiger partial charge in [-0.15, -0.1) is 0 Å². The summed E-state index contributed by atoms with van der Waals surface area (Å²) in [5.74, 6) is -1.09. The minimum Gasteiger partial charge on any atom is -0.369 e. The number of benzene rings is 1. The third-order valence-electron chi connectivity index (χ3n) is 4.53. The summed E-state index contributed by atoms with van der Waals surface area (Å²) in [7, 11) is 0. The number of hydrogen-bond donors (Lipinski definition) is 2. The zero-order chi connectivity index (χ0) is 15.3. The van der Waals surface area contributed by atoms with Gasteiger partial charge in [-0.2, -0.15) is 5.10 Å². The van der Waals surface area contributed by atoms with Gasteiger partial charge in [0.2, 0.25) is 5.91 Å². The van der Waals surface area contributed by atoms with Crippen LogP contribution in [0.15, 0.2) is 42.9 Å². The molecule has 0 radical (unpaired) electrons. The fraction of sp³-hybridized carbons (Fsp3) is 0.188. The van der Waals surface area contributed by atoms with E-state index < -0.39 is 17.1 Å². The first-order chi connectivity index (χ1) is 10.6.